The standard InChI is InChI=1S/C15H22N2O4/c1-16-13(18)12-8-4-5-9-17(12)14(19)10-6-2-3-7-11(10)15(20)21/h2-3,10-12H,4-9H2,1H3,(H,16,18)(H,20,21). The van der Waals surface area contributed by atoms with Gasteiger partial charge in [-0.3, -0.25) is 14.4 Å². The highest BCUT2D eigenvalue weighted by Crippen LogP contribution is 2.30. The van der Waals surface area contributed by atoms with Crippen LogP contribution in [0.3, 0.4) is 0 Å². The molecule has 21 heavy (non-hydrogen) atoms. The van der Waals surface area contributed by atoms with Gasteiger partial charge in [0.25, 0.3) is 0 Å². The van der Waals surface area contributed by atoms with Gasteiger partial charge in [-0.25, -0.2) is 0 Å². The number of piperidine rings is 1. The minimum Gasteiger partial charge on any atom is -0.481 e. The number of amides is 2. The van der Waals surface area contributed by atoms with E-state index in [1.807, 2.05) is 12.2 Å². The van der Waals surface area contributed by atoms with Crippen molar-refractivity contribution in [3.63, 3.8) is 0 Å². The summed E-state index contributed by atoms with van der Waals surface area (Å²) in [5, 5.41) is 11.9. The normalized spacial score (nSPS) is 29.0. The highest BCUT2D eigenvalue weighted by atomic mass is 16.4. The van der Waals surface area contributed by atoms with E-state index in [1.54, 1.807) is 11.9 Å². The molecule has 0 saturated carbocycles. The number of carboxylic acid groups (broad SMARTS) is 1. The Labute approximate surface area is 124 Å². The third kappa shape index (κ3) is 3.25. The van der Waals surface area contributed by atoms with Gasteiger partial charge in [-0.15, -0.1) is 0 Å². The number of carbonyl (C=O) groups excluding carboxylic acids is 2. The maximum atomic E-state index is 12.7. The maximum absolute atomic E-state index is 12.7. The quantitative estimate of drug-likeness (QED) is 0.753. The Balaban J connectivity index is 2.17. The van der Waals surface area contributed by atoms with E-state index in [2.05, 4.69) is 5.32 Å². The highest BCUT2D eigenvalue weighted by Gasteiger charge is 2.40. The molecule has 0 bridgehead atoms. The summed E-state index contributed by atoms with van der Waals surface area (Å²) in [5.41, 5.74) is 0. The van der Waals surface area contributed by atoms with E-state index >= 15 is 0 Å². The second-order valence-electron chi connectivity index (χ2n) is 5.65. The van der Waals surface area contributed by atoms with Gasteiger partial charge < -0.3 is 15.3 Å². The Bertz CT molecular complexity index is 461. The second-order valence-corrected chi connectivity index (χ2v) is 5.65. The lowest BCUT2D eigenvalue weighted by Crippen LogP contribution is -2.54. The van der Waals surface area contributed by atoms with Crippen LogP contribution < -0.4 is 5.32 Å². The zero-order valence-corrected chi connectivity index (χ0v) is 12.2. The van der Waals surface area contributed by atoms with Crippen LogP contribution in [-0.4, -0.2) is 47.4 Å². The Kier molecular flexibility index (Phi) is 4.98. The molecule has 6 heteroatoms. The van der Waals surface area contributed by atoms with Crippen molar-refractivity contribution in [3.8, 4) is 0 Å². The third-order valence-corrected chi connectivity index (χ3v) is 4.40. The number of aliphatic carboxylic acids is 1. The van der Waals surface area contributed by atoms with Crippen molar-refractivity contribution in [3.05, 3.63) is 12.2 Å². The Morgan fingerprint density at radius 2 is 1.81 bits per heavy atom. The predicted molar refractivity (Wildman–Crippen MR) is 76.4 cm³/mol. The molecular formula is C15H22N2O4. The molecule has 0 radical (unpaired) electrons. The second kappa shape index (κ2) is 6.74. The molecule has 0 spiro atoms. The first-order valence-electron chi connectivity index (χ1n) is 7.46. The molecule has 3 atom stereocenters. The van der Waals surface area contributed by atoms with E-state index < -0.39 is 23.8 Å². The van der Waals surface area contributed by atoms with Crippen LogP contribution >= 0.6 is 0 Å². The number of rotatable bonds is 3. The number of nitrogens with zero attached hydrogens (tertiary/aromatic N) is 1. The fourth-order valence-electron chi connectivity index (χ4n) is 3.21. The molecule has 6 nitrogen and oxygen atoms in total. The molecule has 3 unspecified atom stereocenters. The SMILES string of the molecule is CNC(=O)C1CCCCN1C(=O)C1CC=CCC1C(=O)O. The van der Waals surface area contributed by atoms with Gasteiger partial charge in [0.2, 0.25) is 11.8 Å². The first-order valence-corrected chi connectivity index (χ1v) is 7.46. The molecule has 2 aliphatic rings. The number of nitrogens with one attached hydrogen (secondary N) is 1. The molecule has 1 aliphatic heterocycles. The molecule has 0 aromatic carbocycles. The summed E-state index contributed by atoms with van der Waals surface area (Å²) in [5.74, 6) is -2.54. The predicted octanol–water partition coefficient (Wildman–Crippen LogP) is 0.780. The van der Waals surface area contributed by atoms with Gasteiger partial charge >= 0.3 is 5.97 Å². The number of hydrogen-bond acceptors (Lipinski definition) is 3. The van der Waals surface area contributed by atoms with Gasteiger partial charge in [-0.05, 0) is 32.1 Å². The van der Waals surface area contributed by atoms with Crippen LogP contribution in [0, 0.1) is 11.8 Å². The molecule has 1 fully saturated rings. The van der Waals surface area contributed by atoms with E-state index in [-0.39, 0.29) is 11.8 Å². The Morgan fingerprint density at radius 1 is 1.14 bits per heavy atom. The molecule has 2 amide bonds. The maximum Gasteiger partial charge on any atom is 0.307 e. The van der Waals surface area contributed by atoms with Crippen molar-refractivity contribution in [1.29, 1.82) is 0 Å². The highest BCUT2D eigenvalue weighted by molar-refractivity contribution is 5.90. The van der Waals surface area contributed by atoms with E-state index in [4.69, 9.17) is 0 Å². The van der Waals surface area contributed by atoms with Gasteiger partial charge in [0, 0.05) is 13.6 Å². The summed E-state index contributed by atoms with van der Waals surface area (Å²) in [6, 6.07) is -0.461. The average molecular weight is 294 g/mol. The van der Waals surface area contributed by atoms with Gasteiger partial charge in [-0.1, -0.05) is 12.2 Å². The van der Waals surface area contributed by atoms with Crippen LogP contribution in [-0.2, 0) is 14.4 Å². The molecule has 0 aromatic heterocycles. The summed E-state index contributed by atoms with van der Waals surface area (Å²) in [6.45, 7) is 0.531. The number of carboxylic acids is 1. The minimum atomic E-state index is -0.939. The smallest absolute Gasteiger partial charge is 0.307 e. The van der Waals surface area contributed by atoms with Crippen LogP contribution in [0.4, 0.5) is 0 Å². The fourth-order valence-corrected chi connectivity index (χ4v) is 3.21. The summed E-state index contributed by atoms with van der Waals surface area (Å²) in [7, 11) is 1.56. The average Bonchev–Trinajstić information content (AvgIpc) is 2.53. The van der Waals surface area contributed by atoms with E-state index in [9.17, 15) is 19.5 Å². The van der Waals surface area contributed by atoms with Crippen LogP contribution in [0.15, 0.2) is 12.2 Å². The molecule has 1 heterocycles. The summed E-state index contributed by atoms with van der Waals surface area (Å²) >= 11 is 0. The Hall–Kier alpha value is -1.85. The fraction of sp³-hybridized carbons (Fsp3) is 0.667. The van der Waals surface area contributed by atoms with E-state index in [1.165, 1.54) is 0 Å². The summed E-state index contributed by atoms with van der Waals surface area (Å²) < 4.78 is 0. The first kappa shape index (κ1) is 15.5. The van der Waals surface area contributed by atoms with E-state index in [0.29, 0.717) is 25.8 Å². The number of likely N-dealkylation sites (N-methyl/N-ethyl adjacent to an activating group) is 1. The van der Waals surface area contributed by atoms with Crippen LogP contribution in [0.5, 0.6) is 0 Å². The first-order chi connectivity index (χ1) is 10.1. The largest absolute Gasteiger partial charge is 0.481 e. The molecule has 1 saturated heterocycles. The van der Waals surface area contributed by atoms with Crippen molar-refractivity contribution in [2.75, 3.05) is 13.6 Å². The van der Waals surface area contributed by atoms with E-state index in [0.717, 1.165) is 12.8 Å². The van der Waals surface area contributed by atoms with Gasteiger partial charge in [-0.2, -0.15) is 0 Å². The van der Waals surface area contributed by atoms with Crippen molar-refractivity contribution in [2.45, 2.75) is 38.1 Å². The molecule has 116 valence electrons. The van der Waals surface area contributed by atoms with Crippen molar-refractivity contribution < 1.29 is 19.5 Å². The van der Waals surface area contributed by atoms with Crippen molar-refractivity contribution in [1.82, 2.24) is 10.2 Å². The minimum absolute atomic E-state index is 0.165. The van der Waals surface area contributed by atoms with Crippen LogP contribution in [0.2, 0.25) is 0 Å². The van der Waals surface area contributed by atoms with Gasteiger partial charge in [0.1, 0.15) is 6.04 Å². The number of likely N-dealkylation sites (tertiary alicyclic amines) is 1. The molecule has 2 N–H and O–H groups in total. The monoisotopic (exact) mass is 294 g/mol. The molecule has 1 aliphatic carbocycles. The van der Waals surface area contributed by atoms with Crippen LogP contribution in [0.25, 0.3) is 0 Å². The molecular weight excluding hydrogens is 272 g/mol. The Morgan fingerprint density at radius 3 is 2.43 bits per heavy atom. The lowest BCUT2D eigenvalue weighted by molar-refractivity contribution is -0.153. The number of allylic oxidation sites excluding steroid dienone is 2. The summed E-state index contributed by atoms with van der Waals surface area (Å²) in [4.78, 5) is 37.6. The lowest BCUT2D eigenvalue weighted by Gasteiger charge is -2.38. The zero-order valence-electron chi connectivity index (χ0n) is 12.2. The van der Waals surface area contributed by atoms with Crippen LogP contribution in [0.1, 0.15) is 32.1 Å². The lowest BCUT2D eigenvalue weighted by atomic mass is 9.81. The van der Waals surface area contributed by atoms with Gasteiger partial charge in [0.15, 0.2) is 0 Å². The number of hydrogen-bond donors (Lipinski definition) is 2. The number of carbonyl (C=O) groups is 3. The third-order valence-electron chi connectivity index (χ3n) is 4.40. The van der Waals surface area contributed by atoms with Crippen molar-refractivity contribution in [2.24, 2.45) is 11.8 Å². The van der Waals surface area contributed by atoms with Crippen molar-refractivity contribution >= 4 is 17.8 Å². The topological polar surface area (TPSA) is 86.7 Å². The summed E-state index contributed by atoms with van der Waals surface area (Å²) in [6.07, 6.45) is 6.91. The molecule has 0 aromatic rings. The van der Waals surface area contributed by atoms with Gasteiger partial charge in [0.05, 0.1) is 11.8 Å². The zero-order chi connectivity index (χ0) is 15.4. The molecule has 2 rings (SSSR count).